The Morgan fingerprint density at radius 3 is 2.72 bits per heavy atom. The third-order valence-electron chi connectivity index (χ3n) is 3.55. The Balaban J connectivity index is 1.61. The molecule has 1 aromatic carbocycles. The number of carbonyl (C=O) groups excluding carboxylic acids is 1. The number of nitrogens with zero attached hydrogens (tertiary/aromatic N) is 5. The molecule has 0 aliphatic rings. The molecule has 2 aromatic heterocycles. The van der Waals surface area contributed by atoms with Gasteiger partial charge in [0.15, 0.2) is 5.82 Å². The van der Waals surface area contributed by atoms with Crippen LogP contribution in [0, 0.1) is 20.8 Å². The molecule has 1 amide bonds. The Labute approximate surface area is 149 Å². The molecule has 3 aromatic rings. The normalized spacial score (nSPS) is 10.8. The van der Waals surface area contributed by atoms with Crippen molar-refractivity contribution in [1.82, 2.24) is 25.4 Å². The number of aryl methyl sites for hydroxylation is 3. The highest BCUT2D eigenvalue weighted by Gasteiger charge is 2.14. The van der Waals surface area contributed by atoms with E-state index in [1.165, 1.54) is 11.8 Å². The minimum Gasteiger partial charge on any atom is -0.360 e. The standard InChI is InChI=1S/C16H18N6O2S/c1-10-5-4-6-11(2)15(10)22-16(18-20-21-22)25-8-7-14(23)17-13-9-12(3)24-19-13/h4-6,9H,7-8H2,1-3H3,(H,17,19,23). The summed E-state index contributed by atoms with van der Waals surface area (Å²) in [5, 5.41) is 19.0. The third-order valence-corrected chi connectivity index (χ3v) is 4.47. The average Bonchev–Trinajstić information content (AvgIpc) is 3.17. The van der Waals surface area contributed by atoms with Crippen LogP contribution in [0.15, 0.2) is 33.9 Å². The zero-order valence-electron chi connectivity index (χ0n) is 14.2. The van der Waals surface area contributed by atoms with Crippen molar-refractivity contribution in [3.63, 3.8) is 0 Å². The van der Waals surface area contributed by atoms with Gasteiger partial charge in [0.25, 0.3) is 0 Å². The molecule has 8 nitrogen and oxygen atoms in total. The number of rotatable bonds is 6. The molecular formula is C16H18N6O2S. The summed E-state index contributed by atoms with van der Waals surface area (Å²) >= 11 is 1.43. The molecule has 0 saturated carbocycles. The Hall–Kier alpha value is -2.68. The van der Waals surface area contributed by atoms with Crippen LogP contribution in [0.1, 0.15) is 23.3 Å². The molecule has 25 heavy (non-hydrogen) atoms. The predicted molar refractivity (Wildman–Crippen MR) is 93.8 cm³/mol. The van der Waals surface area contributed by atoms with Gasteiger partial charge in [-0.05, 0) is 42.3 Å². The van der Waals surface area contributed by atoms with Crippen molar-refractivity contribution >= 4 is 23.5 Å². The lowest BCUT2D eigenvalue weighted by molar-refractivity contribution is -0.115. The van der Waals surface area contributed by atoms with Crippen LogP contribution in [0.3, 0.4) is 0 Å². The first kappa shape index (κ1) is 17.2. The number of anilines is 1. The van der Waals surface area contributed by atoms with E-state index in [1.807, 2.05) is 32.0 Å². The molecule has 0 radical (unpaired) electrons. The lowest BCUT2D eigenvalue weighted by Crippen LogP contribution is -2.12. The van der Waals surface area contributed by atoms with Crippen LogP contribution in [0.25, 0.3) is 5.69 Å². The number of para-hydroxylation sites is 1. The fourth-order valence-corrected chi connectivity index (χ4v) is 3.23. The minimum absolute atomic E-state index is 0.133. The largest absolute Gasteiger partial charge is 0.360 e. The predicted octanol–water partition coefficient (Wildman–Crippen LogP) is 2.70. The molecule has 0 fully saturated rings. The first-order valence-corrected chi connectivity index (χ1v) is 8.74. The van der Waals surface area contributed by atoms with Gasteiger partial charge in [0.1, 0.15) is 5.76 Å². The molecule has 0 spiro atoms. The molecule has 0 bridgehead atoms. The molecule has 0 aliphatic carbocycles. The van der Waals surface area contributed by atoms with E-state index in [1.54, 1.807) is 17.7 Å². The minimum atomic E-state index is -0.133. The molecule has 0 aliphatic heterocycles. The van der Waals surface area contributed by atoms with Gasteiger partial charge in [-0.1, -0.05) is 35.1 Å². The Bertz CT molecular complexity index is 868. The maximum Gasteiger partial charge on any atom is 0.226 e. The Kier molecular flexibility index (Phi) is 5.13. The summed E-state index contributed by atoms with van der Waals surface area (Å²) in [6.07, 6.45) is 0.316. The number of nitrogens with one attached hydrogen (secondary N) is 1. The second-order valence-electron chi connectivity index (χ2n) is 5.58. The molecule has 0 saturated heterocycles. The molecule has 0 unspecified atom stereocenters. The monoisotopic (exact) mass is 358 g/mol. The van der Waals surface area contributed by atoms with Gasteiger partial charge in [0, 0.05) is 18.2 Å². The SMILES string of the molecule is Cc1cc(NC(=O)CCSc2nnnn2-c2c(C)cccc2C)no1. The van der Waals surface area contributed by atoms with Crippen molar-refractivity contribution in [3.05, 3.63) is 41.2 Å². The Morgan fingerprint density at radius 2 is 2.04 bits per heavy atom. The van der Waals surface area contributed by atoms with Crippen LogP contribution < -0.4 is 5.32 Å². The summed E-state index contributed by atoms with van der Waals surface area (Å²) in [5.74, 6) is 1.49. The summed E-state index contributed by atoms with van der Waals surface area (Å²) in [5.41, 5.74) is 3.15. The zero-order valence-corrected chi connectivity index (χ0v) is 15.0. The molecule has 130 valence electrons. The first-order chi connectivity index (χ1) is 12.0. The number of aromatic nitrogens is 5. The molecule has 1 N–H and O–H groups in total. The molecule has 3 rings (SSSR count). The number of carbonyl (C=O) groups is 1. The summed E-state index contributed by atoms with van der Waals surface area (Å²) in [6.45, 7) is 5.81. The lowest BCUT2D eigenvalue weighted by Gasteiger charge is -2.10. The number of amides is 1. The summed E-state index contributed by atoms with van der Waals surface area (Å²) in [7, 11) is 0. The molecule has 2 heterocycles. The van der Waals surface area contributed by atoms with Crippen LogP contribution in [-0.4, -0.2) is 37.0 Å². The van der Waals surface area contributed by atoms with Crippen LogP contribution in [0.2, 0.25) is 0 Å². The molecule has 0 atom stereocenters. The quantitative estimate of drug-likeness (QED) is 0.676. The Morgan fingerprint density at radius 1 is 1.28 bits per heavy atom. The van der Waals surface area contributed by atoms with Gasteiger partial charge in [-0.2, -0.15) is 4.68 Å². The summed E-state index contributed by atoms with van der Waals surface area (Å²) in [6, 6.07) is 7.71. The van der Waals surface area contributed by atoms with Crippen LogP contribution in [-0.2, 0) is 4.79 Å². The summed E-state index contributed by atoms with van der Waals surface area (Å²) in [4.78, 5) is 11.9. The van der Waals surface area contributed by atoms with Crippen molar-refractivity contribution in [2.24, 2.45) is 0 Å². The lowest BCUT2D eigenvalue weighted by atomic mass is 10.1. The third kappa shape index (κ3) is 4.05. The van der Waals surface area contributed by atoms with Gasteiger partial charge >= 0.3 is 0 Å². The highest BCUT2D eigenvalue weighted by molar-refractivity contribution is 7.99. The molecule has 9 heteroatoms. The highest BCUT2D eigenvalue weighted by atomic mass is 32.2. The number of thioether (sulfide) groups is 1. The van der Waals surface area contributed by atoms with E-state index >= 15 is 0 Å². The fourth-order valence-electron chi connectivity index (χ4n) is 2.41. The van der Waals surface area contributed by atoms with Crippen LogP contribution in [0.4, 0.5) is 5.82 Å². The highest BCUT2D eigenvalue weighted by Crippen LogP contribution is 2.23. The maximum absolute atomic E-state index is 11.9. The number of hydrogen-bond acceptors (Lipinski definition) is 7. The van der Waals surface area contributed by atoms with E-state index in [2.05, 4.69) is 26.0 Å². The van der Waals surface area contributed by atoms with Crippen molar-refractivity contribution in [1.29, 1.82) is 0 Å². The average molecular weight is 358 g/mol. The van der Waals surface area contributed by atoms with Crippen LogP contribution >= 0.6 is 11.8 Å². The fraction of sp³-hybridized carbons (Fsp3) is 0.312. The second kappa shape index (κ2) is 7.47. The van der Waals surface area contributed by atoms with Crippen molar-refractivity contribution in [2.45, 2.75) is 32.3 Å². The molecular weight excluding hydrogens is 340 g/mol. The van der Waals surface area contributed by atoms with Gasteiger partial charge < -0.3 is 9.84 Å². The van der Waals surface area contributed by atoms with E-state index in [9.17, 15) is 4.79 Å². The summed E-state index contributed by atoms with van der Waals surface area (Å²) < 4.78 is 6.63. The van der Waals surface area contributed by atoms with Crippen molar-refractivity contribution < 1.29 is 9.32 Å². The van der Waals surface area contributed by atoms with Crippen molar-refractivity contribution in [2.75, 3.05) is 11.1 Å². The van der Waals surface area contributed by atoms with Crippen LogP contribution in [0.5, 0.6) is 0 Å². The van der Waals surface area contributed by atoms with E-state index in [0.29, 0.717) is 28.9 Å². The van der Waals surface area contributed by atoms with Gasteiger partial charge in [0.05, 0.1) is 5.69 Å². The number of benzene rings is 1. The van der Waals surface area contributed by atoms with Gasteiger partial charge in [-0.3, -0.25) is 4.79 Å². The smallest absolute Gasteiger partial charge is 0.226 e. The van der Waals surface area contributed by atoms with E-state index < -0.39 is 0 Å². The first-order valence-electron chi connectivity index (χ1n) is 7.75. The van der Waals surface area contributed by atoms with Gasteiger partial charge in [-0.25, -0.2) is 0 Å². The topological polar surface area (TPSA) is 98.7 Å². The number of hydrogen-bond donors (Lipinski definition) is 1. The van der Waals surface area contributed by atoms with E-state index in [0.717, 1.165) is 16.8 Å². The van der Waals surface area contributed by atoms with Gasteiger partial charge in [0.2, 0.25) is 11.1 Å². The maximum atomic E-state index is 11.9. The van der Waals surface area contributed by atoms with Crippen molar-refractivity contribution in [3.8, 4) is 5.69 Å². The van der Waals surface area contributed by atoms with E-state index in [4.69, 9.17) is 4.52 Å². The van der Waals surface area contributed by atoms with E-state index in [-0.39, 0.29) is 5.91 Å². The zero-order chi connectivity index (χ0) is 17.8. The second-order valence-corrected chi connectivity index (χ2v) is 6.65. The van der Waals surface area contributed by atoms with Gasteiger partial charge in [-0.15, -0.1) is 5.10 Å². The number of tetrazole rings is 1.